The third-order valence-electron chi connectivity index (χ3n) is 4.01. The first-order valence-electron chi connectivity index (χ1n) is 7.97. The Labute approximate surface area is 141 Å². The lowest BCUT2D eigenvalue weighted by atomic mass is 10.1. The lowest BCUT2D eigenvalue weighted by Gasteiger charge is -2.10. The number of para-hydroxylation sites is 1. The highest BCUT2D eigenvalue weighted by atomic mass is 16.5. The molecule has 2 aromatic carbocycles. The molecule has 0 bridgehead atoms. The number of hydrogen-bond acceptors (Lipinski definition) is 3. The Kier molecular flexibility index (Phi) is 4.75. The number of rotatable bonds is 5. The molecule has 4 nitrogen and oxygen atoms in total. The first-order valence-corrected chi connectivity index (χ1v) is 7.97. The predicted octanol–water partition coefficient (Wildman–Crippen LogP) is 3.66. The van der Waals surface area contributed by atoms with Gasteiger partial charge in [-0.15, -0.1) is 0 Å². The van der Waals surface area contributed by atoms with E-state index in [4.69, 9.17) is 4.74 Å². The molecule has 0 aliphatic rings. The summed E-state index contributed by atoms with van der Waals surface area (Å²) in [5.41, 5.74) is 3.80. The van der Waals surface area contributed by atoms with Gasteiger partial charge in [0.05, 0.1) is 6.54 Å². The zero-order chi connectivity index (χ0) is 16.9. The molecule has 0 aliphatic heterocycles. The molecule has 0 unspecified atom stereocenters. The number of nitrogens with one attached hydrogen (secondary N) is 1. The molecular formula is C20H20N2O2. The second kappa shape index (κ2) is 7.13. The van der Waals surface area contributed by atoms with Crippen molar-refractivity contribution < 1.29 is 9.53 Å². The number of carbonyl (C=O) groups is 1. The van der Waals surface area contributed by atoms with Crippen LogP contribution >= 0.6 is 0 Å². The Morgan fingerprint density at radius 3 is 2.75 bits per heavy atom. The molecule has 24 heavy (non-hydrogen) atoms. The van der Waals surface area contributed by atoms with E-state index in [0.717, 1.165) is 22.2 Å². The van der Waals surface area contributed by atoms with E-state index in [1.54, 1.807) is 6.20 Å². The summed E-state index contributed by atoms with van der Waals surface area (Å²) >= 11 is 0. The van der Waals surface area contributed by atoms with Crippen LogP contribution < -0.4 is 10.1 Å². The van der Waals surface area contributed by atoms with Crippen LogP contribution in [0.5, 0.6) is 5.75 Å². The Hall–Kier alpha value is -2.88. The highest BCUT2D eigenvalue weighted by molar-refractivity contribution is 5.94. The van der Waals surface area contributed by atoms with Gasteiger partial charge in [0, 0.05) is 17.1 Å². The number of hydrogen-bond donors (Lipinski definition) is 1. The van der Waals surface area contributed by atoms with Crippen molar-refractivity contribution in [2.24, 2.45) is 0 Å². The fourth-order valence-corrected chi connectivity index (χ4v) is 2.50. The van der Waals surface area contributed by atoms with E-state index in [9.17, 15) is 4.79 Å². The molecule has 122 valence electrons. The molecule has 0 fully saturated rings. The fourth-order valence-electron chi connectivity index (χ4n) is 2.50. The van der Waals surface area contributed by atoms with E-state index in [-0.39, 0.29) is 5.91 Å². The molecule has 4 heteroatoms. The number of aromatic nitrogens is 1. The molecule has 0 aliphatic carbocycles. The number of amides is 1. The van der Waals surface area contributed by atoms with Gasteiger partial charge >= 0.3 is 0 Å². The maximum absolute atomic E-state index is 12.2. The van der Waals surface area contributed by atoms with Crippen molar-refractivity contribution >= 4 is 16.8 Å². The maximum atomic E-state index is 12.2. The van der Waals surface area contributed by atoms with E-state index in [2.05, 4.69) is 10.3 Å². The quantitative estimate of drug-likeness (QED) is 0.730. The number of fused-ring (bicyclic) bond motifs is 1. The van der Waals surface area contributed by atoms with Gasteiger partial charge in [0.1, 0.15) is 17.9 Å². The summed E-state index contributed by atoms with van der Waals surface area (Å²) < 4.78 is 5.77. The molecule has 1 amide bonds. The maximum Gasteiger partial charge on any atom is 0.251 e. The first kappa shape index (κ1) is 16.0. The molecule has 0 spiro atoms. The minimum absolute atomic E-state index is 0.0854. The van der Waals surface area contributed by atoms with Gasteiger partial charge in [-0.05, 0) is 49.2 Å². The summed E-state index contributed by atoms with van der Waals surface area (Å²) in [6, 6.07) is 15.4. The number of aryl methyl sites for hydroxylation is 2. The number of nitrogens with zero attached hydrogens (tertiary/aromatic N) is 1. The number of ether oxygens (including phenoxy) is 1. The fraction of sp³-hybridized carbons (Fsp3) is 0.200. The number of benzene rings is 2. The lowest BCUT2D eigenvalue weighted by molar-refractivity contribution is 0.0947. The third-order valence-corrected chi connectivity index (χ3v) is 4.01. The van der Waals surface area contributed by atoms with Gasteiger partial charge in [0.25, 0.3) is 5.91 Å². The van der Waals surface area contributed by atoms with Crippen LogP contribution in [0.25, 0.3) is 10.9 Å². The summed E-state index contributed by atoms with van der Waals surface area (Å²) in [7, 11) is 0. The summed E-state index contributed by atoms with van der Waals surface area (Å²) in [5.74, 6) is 0.645. The zero-order valence-electron chi connectivity index (χ0n) is 13.9. The molecule has 0 radical (unpaired) electrons. The van der Waals surface area contributed by atoms with Crippen LogP contribution in [0.4, 0.5) is 0 Å². The molecular weight excluding hydrogens is 300 g/mol. The Balaban J connectivity index is 1.56. The normalized spacial score (nSPS) is 10.6. The van der Waals surface area contributed by atoms with Crippen molar-refractivity contribution in [1.29, 1.82) is 0 Å². The molecule has 1 aromatic heterocycles. The lowest BCUT2D eigenvalue weighted by Crippen LogP contribution is -2.28. The minimum atomic E-state index is -0.0854. The van der Waals surface area contributed by atoms with Crippen LogP contribution in [0, 0.1) is 13.8 Å². The summed E-state index contributed by atoms with van der Waals surface area (Å²) in [6.45, 7) is 4.87. The van der Waals surface area contributed by atoms with Gasteiger partial charge in [-0.1, -0.05) is 24.3 Å². The van der Waals surface area contributed by atoms with Crippen LogP contribution in [0.3, 0.4) is 0 Å². The number of carbonyl (C=O) groups excluding carboxylic acids is 1. The average molecular weight is 320 g/mol. The van der Waals surface area contributed by atoms with Crippen molar-refractivity contribution in [2.75, 3.05) is 13.2 Å². The first-order chi connectivity index (χ1) is 11.6. The van der Waals surface area contributed by atoms with Crippen molar-refractivity contribution in [1.82, 2.24) is 10.3 Å². The predicted molar refractivity (Wildman–Crippen MR) is 95.5 cm³/mol. The van der Waals surface area contributed by atoms with Crippen molar-refractivity contribution in [2.45, 2.75) is 13.8 Å². The van der Waals surface area contributed by atoms with E-state index in [1.165, 1.54) is 5.56 Å². The molecule has 3 rings (SSSR count). The van der Waals surface area contributed by atoms with Crippen LogP contribution in [-0.2, 0) is 0 Å². The Morgan fingerprint density at radius 2 is 1.92 bits per heavy atom. The van der Waals surface area contributed by atoms with Crippen LogP contribution in [0.1, 0.15) is 21.5 Å². The zero-order valence-corrected chi connectivity index (χ0v) is 13.9. The highest BCUT2D eigenvalue weighted by Gasteiger charge is 2.07. The molecule has 0 atom stereocenters. The third kappa shape index (κ3) is 3.54. The topological polar surface area (TPSA) is 51.2 Å². The van der Waals surface area contributed by atoms with E-state index < -0.39 is 0 Å². The van der Waals surface area contributed by atoms with Crippen molar-refractivity contribution in [3.05, 3.63) is 71.4 Å². The smallest absolute Gasteiger partial charge is 0.251 e. The van der Waals surface area contributed by atoms with E-state index >= 15 is 0 Å². The summed E-state index contributed by atoms with van der Waals surface area (Å²) in [5, 5.41) is 3.92. The highest BCUT2D eigenvalue weighted by Crippen LogP contribution is 2.22. The summed E-state index contributed by atoms with van der Waals surface area (Å²) in [6.07, 6.45) is 1.75. The van der Waals surface area contributed by atoms with Gasteiger partial charge in [0.15, 0.2) is 0 Å². The SMILES string of the molecule is Cc1ccc(C(=O)NCCOc2cccc3cccnc23)cc1C. The van der Waals surface area contributed by atoms with E-state index in [0.29, 0.717) is 18.7 Å². The van der Waals surface area contributed by atoms with Gasteiger partial charge in [-0.3, -0.25) is 9.78 Å². The Morgan fingerprint density at radius 1 is 1.08 bits per heavy atom. The average Bonchev–Trinajstić information content (AvgIpc) is 2.61. The molecule has 3 aromatic rings. The summed E-state index contributed by atoms with van der Waals surface area (Å²) in [4.78, 5) is 16.5. The van der Waals surface area contributed by atoms with Crippen molar-refractivity contribution in [3.63, 3.8) is 0 Å². The number of pyridine rings is 1. The van der Waals surface area contributed by atoms with Crippen LogP contribution in [0.15, 0.2) is 54.7 Å². The van der Waals surface area contributed by atoms with Gasteiger partial charge in [-0.2, -0.15) is 0 Å². The van der Waals surface area contributed by atoms with E-state index in [1.807, 2.05) is 62.4 Å². The second-order valence-corrected chi connectivity index (χ2v) is 5.73. The molecule has 1 N–H and O–H groups in total. The monoisotopic (exact) mass is 320 g/mol. The second-order valence-electron chi connectivity index (χ2n) is 5.73. The molecule has 0 saturated carbocycles. The standard InChI is InChI=1S/C20H20N2O2/c1-14-8-9-17(13-15(14)2)20(23)22-11-12-24-18-7-3-5-16-6-4-10-21-19(16)18/h3-10,13H,11-12H2,1-2H3,(H,22,23). The molecule has 0 saturated heterocycles. The minimum Gasteiger partial charge on any atom is -0.489 e. The Bertz CT molecular complexity index is 869. The van der Waals surface area contributed by atoms with Gasteiger partial charge in [0.2, 0.25) is 0 Å². The molecule has 1 heterocycles. The largest absolute Gasteiger partial charge is 0.489 e. The van der Waals surface area contributed by atoms with Crippen LogP contribution in [-0.4, -0.2) is 24.0 Å². The van der Waals surface area contributed by atoms with Crippen LogP contribution in [0.2, 0.25) is 0 Å². The van der Waals surface area contributed by atoms with Gasteiger partial charge < -0.3 is 10.1 Å². The van der Waals surface area contributed by atoms with Crippen molar-refractivity contribution in [3.8, 4) is 5.75 Å². The van der Waals surface area contributed by atoms with Gasteiger partial charge in [-0.25, -0.2) is 0 Å².